The van der Waals surface area contributed by atoms with Crippen LogP contribution >= 0.6 is 11.6 Å². The molecule has 0 saturated carbocycles. The van der Waals surface area contributed by atoms with Crippen LogP contribution in [0.2, 0.25) is 5.02 Å². The van der Waals surface area contributed by atoms with Crippen molar-refractivity contribution in [1.29, 1.82) is 0 Å². The van der Waals surface area contributed by atoms with Gasteiger partial charge < -0.3 is 16.0 Å². The summed E-state index contributed by atoms with van der Waals surface area (Å²) in [7, 11) is -3.55. The highest BCUT2D eigenvalue weighted by Crippen LogP contribution is 2.30. The standard InChI is InChI=1S/C21H21ClF2N6O3S/c1-11(2)26-20(31)12-8-18(15(24)9-14(12)23)28-21-25-10-13(22)19(29-21)27-16-6-4-5-7-17(16)30-34(3,32)33/h4-11,30H,1-3H3,(H,26,31)(H2,25,27,28,29). The summed E-state index contributed by atoms with van der Waals surface area (Å²) < 4.78 is 54.2. The minimum Gasteiger partial charge on any atom is -0.350 e. The molecule has 0 aliphatic carbocycles. The van der Waals surface area contributed by atoms with Gasteiger partial charge in [0.15, 0.2) is 5.82 Å². The zero-order valence-corrected chi connectivity index (χ0v) is 19.9. The van der Waals surface area contributed by atoms with Crippen molar-refractivity contribution in [2.75, 3.05) is 21.6 Å². The molecule has 3 rings (SSSR count). The second-order valence-corrected chi connectivity index (χ2v) is 9.66. The van der Waals surface area contributed by atoms with Crippen molar-refractivity contribution in [2.45, 2.75) is 19.9 Å². The van der Waals surface area contributed by atoms with Crippen LogP contribution in [0.5, 0.6) is 0 Å². The van der Waals surface area contributed by atoms with E-state index in [0.29, 0.717) is 11.8 Å². The summed E-state index contributed by atoms with van der Waals surface area (Å²) in [6.45, 7) is 3.41. The van der Waals surface area contributed by atoms with Gasteiger partial charge in [0.25, 0.3) is 5.91 Å². The maximum atomic E-state index is 14.4. The molecule has 2 aromatic carbocycles. The molecule has 0 bridgehead atoms. The van der Waals surface area contributed by atoms with Crippen LogP contribution in [-0.4, -0.2) is 36.6 Å². The largest absolute Gasteiger partial charge is 0.350 e. The highest BCUT2D eigenvalue weighted by molar-refractivity contribution is 7.92. The number of amides is 1. The smallest absolute Gasteiger partial charge is 0.254 e. The molecule has 0 radical (unpaired) electrons. The number of benzene rings is 2. The van der Waals surface area contributed by atoms with E-state index in [4.69, 9.17) is 11.6 Å². The fraction of sp³-hybridized carbons (Fsp3) is 0.190. The zero-order chi connectivity index (χ0) is 25.0. The van der Waals surface area contributed by atoms with Crippen molar-refractivity contribution in [1.82, 2.24) is 15.3 Å². The Kier molecular flexibility index (Phi) is 7.52. The lowest BCUT2D eigenvalue weighted by atomic mass is 10.1. The highest BCUT2D eigenvalue weighted by atomic mass is 35.5. The molecule has 0 fully saturated rings. The van der Waals surface area contributed by atoms with Gasteiger partial charge in [0.2, 0.25) is 16.0 Å². The van der Waals surface area contributed by atoms with Crippen molar-refractivity contribution in [3.05, 3.63) is 64.8 Å². The first kappa shape index (κ1) is 25.1. The first-order chi connectivity index (χ1) is 15.9. The maximum absolute atomic E-state index is 14.4. The van der Waals surface area contributed by atoms with E-state index in [0.717, 1.165) is 12.3 Å². The Hall–Kier alpha value is -3.51. The Morgan fingerprint density at radius 1 is 1.03 bits per heavy atom. The number of rotatable bonds is 8. The lowest BCUT2D eigenvalue weighted by molar-refractivity contribution is 0.0939. The van der Waals surface area contributed by atoms with E-state index in [9.17, 15) is 22.0 Å². The summed E-state index contributed by atoms with van der Waals surface area (Å²) in [5.41, 5.74) is 0.00747. The number of sulfonamides is 1. The van der Waals surface area contributed by atoms with E-state index >= 15 is 0 Å². The topological polar surface area (TPSA) is 125 Å². The average Bonchev–Trinajstić information content (AvgIpc) is 2.72. The number of anilines is 5. The first-order valence-electron chi connectivity index (χ1n) is 9.86. The van der Waals surface area contributed by atoms with Crippen LogP contribution in [0.4, 0.5) is 37.6 Å². The molecule has 0 atom stereocenters. The minimum absolute atomic E-state index is 0.0854. The predicted molar refractivity (Wildman–Crippen MR) is 127 cm³/mol. The molecule has 34 heavy (non-hydrogen) atoms. The molecule has 1 aromatic heterocycles. The minimum atomic E-state index is -3.55. The maximum Gasteiger partial charge on any atom is 0.254 e. The van der Waals surface area contributed by atoms with Gasteiger partial charge in [-0.15, -0.1) is 0 Å². The Balaban J connectivity index is 1.91. The van der Waals surface area contributed by atoms with Crippen molar-refractivity contribution >= 4 is 56.4 Å². The van der Waals surface area contributed by atoms with Crippen molar-refractivity contribution in [2.24, 2.45) is 0 Å². The molecular formula is C21H21ClF2N6O3S. The van der Waals surface area contributed by atoms with Gasteiger partial charge in [-0.05, 0) is 32.0 Å². The summed E-state index contributed by atoms with van der Waals surface area (Å²) in [5, 5.41) is 8.13. The normalized spacial score (nSPS) is 11.3. The SMILES string of the molecule is CC(C)NC(=O)c1cc(Nc2ncc(Cl)c(Nc3ccccc3NS(C)(=O)=O)n2)c(F)cc1F. The van der Waals surface area contributed by atoms with Crippen LogP contribution in [0.25, 0.3) is 0 Å². The lowest BCUT2D eigenvalue weighted by Crippen LogP contribution is -2.30. The number of nitrogens with one attached hydrogen (secondary N) is 4. The van der Waals surface area contributed by atoms with Gasteiger partial charge in [-0.25, -0.2) is 22.2 Å². The van der Waals surface area contributed by atoms with Crippen molar-refractivity contribution in [3.8, 4) is 0 Å². The van der Waals surface area contributed by atoms with Crippen molar-refractivity contribution < 1.29 is 22.0 Å². The van der Waals surface area contributed by atoms with E-state index in [1.807, 2.05) is 0 Å². The third-order valence-electron chi connectivity index (χ3n) is 4.19. The van der Waals surface area contributed by atoms with Crippen LogP contribution in [-0.2, 0) is 10.0 Å². The van der Waals surface area contributed by atoms with Crippen LogP contribution in [0.3, 0.4) is 0 Å². The second kappa shape index (κ2) is 10.2. The molecule has 3 aromatic rings. The lowest BCUT2D eigenvalue weighted by Gasteiger charge is -2.15. The van der Waals surface area contributed by atoms with Crippen LogP contribution in [0.15, 0.2) is 42.6 Å². The van der Waals surface area contributed by atoms with E-state index in [2.05, 4.69) is 30.6 Å². The number of nitrogens with zero attached hydrogens (tertiary/aromatic N) is 2. The van der Waals surface area contributed by atoms with Gasteiger partial charge in [0, 0.05) is 12.1 Å². The molecule has 180 valence electrons. The number of hydrogen-bond acceptors (Lipinski definition) is 7. The number of carbonyl (C=O) groups is 1. The number of hydrogen-bond donors (Lipinski definition) is 4. The molecule has 0 aliphatic heterocycles. The number of carbonyl (C=O) groups excluding carboxylic acids is 1. The Morgan fingerprint density at radius 3 is 2.35 bits per heavy atom. The molecule has 0 aliphatic rings. The Labute approximate surface area is 200 Å². The van der Waals surface area contributed by atoms with E-state index in [-0.39, 0.29) is 39.8 Å². The Morgan fingerprint density at radius 2 is 1.71 bits per heavy atom. The number of para-hydroxylation sites is 2. The average molecular weight is 511 g/mol. The fourth-order valence-electron chi connectivity index (χ4n) is 2.80. The van der Waals surface area contributed by atoms with Gasteiger partial charge in [0.1, 0.15) is 16.7 Å². The second-order valence-electron chi connectivity index (χ2n) is 7.50. The molecule has 0 unspecified atom stereocenters. The van der Waals surface area contributed by atoms with Crippen LogP contribution in [0, 0.1) is 11.6 Å². The number of halogens is 3. The molecule has 0 saturated heterocycles. The predicted octanol–water partition coefficient (Wildman–Crippen LogP) is 4.41. The van der Waals surface area contributed by atoms with E-state index in [1.54, 1.807) is 32.0 Å². The molecule has 1 amide bonds. The number of aromatic nitrogens is 2. The highest BCUT2D eigenvalue weighted by Gasteiger charge is 2.18. The fourth-order valence-corrected chi connectivity index (χ4v) is 3.52. The van der Waals surface area contributed by atoms with Crippen molar-refractivity contribution in [3.63, 3.8) is 0 Å². The summed E-state index contributed by atoms with van der Waals surface area (Å²) in [5.74, 6) is -2.71. The molecule has 9 nitrogen and oxygen atoms in total. The molecule has 4 N–H and O–H groups in total. The Bertz CT molecular complexity index is 1340. The third-order valence-corrected chi connectivity index (χ3v) is 5.05. The van der Waals surface area contributed by atoms with Gasteiger partial charge in [0.05, 0.1) is 35.1 Å². The van der Waals surface area contributed by atoms with E-state index < -0.39 is 27.6 Å². The summed E-state index contributed by atoms with van der Waals surface area (Å²) in [6, 6.07) is 7.78. The summed E-state index contributed by atoms with van der Waals surface area (Å²) >= 11 is 6.17. The summed E-state index contributed by atoms with van der Waals surface area (Å²) in [4.78, 5) is 20.4. The molecule has 0 spiro atoms. The van der Waals surface area contributed by atoms with E-state index in [1.165, 1.54) is 12.3 Å². The van der Waals surface area contributed by atoms with Gasteiger partial charge in [-0.2, -0.15) is 4.98 Å². The summed E-state index contributed by atoms with van der Waals surface area (Å²) in [6.07, 6.45) is 2.25. The first-order valence-corrected chi connectivity index (χ1v) is 12.1. The van der Waals surface area contributed by atoms with Crippen LogP contribution in [0.1, 0.15) is 24.2 Å². The zero-order valence-electron chi connectivity index (χ0n) is 18.3. The van der Waals surface area contributed by atoms with Gasteiger partial charge in [-0.3, -0.25) is 9.52 Å². The monoisotopic (exact) mass is 510 g/mol. The quantitative estimate of drug-likeness (QED) is 0.354. The molecule has 1 heterocycles. The van der Waals surface area contributed by atoms with Crippen LogP contribution < -0.4 is 20.7 Å². The third kappa shape index (κ3) is 6.51. The van der Waals surface area contributed by atoms with Gasteiger partial charge in [-0.1, -0.05) is 23.7 Å². The molecular weight excluding hydrogens is 490 g/mol. The van der Waals surface area contributed by atoms with Gasteiger partial charge >= 0.3 is 0 Å². The molecule has 13 heteroatoms.